The van der Waals surface area contributed by atoms with E-state index in [0.717, 1.165) is 14.2 Å². The van der Waals surface area contributed by atoms with Crippen LogP contribution < -0.4 is 9.62 Å². The molecule has 0 fully saturated rings. The lowest BCUT2D eigenvalue weighted by atomic mass is 10.1. The zero-order valence-corrected chi connectivity index (χ0v) is 24.5. The molecule has 11 heteroatoms. The second-order valence-corrected chi connectivity index (χ2v) is 13.0. The van der Waals surface area contributed by atoms with Crippen molar-refractivity contribution in [1.82, 2.24) is 5.32 Å². The summed E-state index contributed by atoms with van der Waals surface area (Å²) in [6.07, 6.45) is 0. The molecule has 0 saturated carbocycles. The summed E-state index contributed by atoms with van der Waals surface area (Å²) >= 11 is 11.4. The molecule has 0 aliphatic heterocycles. The van der Waals surface area contributed by atoms with Gasteiger partial charge in [0.05, 0.1) is 21.0 Å². The Bertz CT molecular complexity index is 1550. The number of sulfonamides is 1. The summed E-state index contributed by atoms with van der Waals surface area (Å²) in [5, 5.41) is 4.44. The number of carbonyl (C=O) groups is 1. The van der Waals surface area contributed by atoms with Crippen LogP contribution in [0, 0.1) is 6.92 Å². The molecule has 0 atom stereocenters. The number of halogens is 2. The largest absolute Gasteiger partial charge is 0.460 e. The van der Waals surface area contributed by atoms with Gasteiger partial charge >= 0.3 is 5.97 Å². The lowest BCUT2D eigenvalue weighted by Gasteiger charge is -2.26. The average molecular weight is 626 g/mol. The number of anilines is 1. The van der Waals surface area contributed by atoms with Gasteiger partial charge < -0.3 is 14.5 Å². The van der Waals surface area contributed by atoms with Crippen LogP contribution in [0.2, 0.25) is 5.02 Å². The van der Waals surface area contributed by atoms with Gasteiger partial charge in [-0.3, -0.25) is 4.31 Å². The third-order valence-electron chi connectivity index (χ3n) is 5.80. The predicted octanol–water partition coefficient (Wildman–Crippen LogP) is 6.90. The maximum Gasteiger partial charge on any atom is 0.374 e. The quantitative estimate of drug-likeness (QED) is 0.193. The lowest BCUT2D eigenvalue weighted by Crippen LogP contribution is -2.32. The van der Waals surface area contributed by atoms with Crippen LogP contribution in [0.1, 0.15) is 40.4 Å². The minimum Gasteiger partial charge on any atom is -0.460 e. The second-order valence-electron chi connectivity index (χ2n) is 8.19. The van der Waals surface area contributed by atoms with Crippen LogP contribution in [-0.4, -0.2) is 27.5 Å². The maximum absolute atomic E-state index is 13.8. The molecule has 1 N–H and O–H groups in total. The topological polar surface area (TPSA) is 88.8 Å². The maximum atomic E-state index is 13.8. The average Bonchev–Trinajstić information content (AvgIpc) is 3.43. The first kappa shape index (κ1) is 27.7. The van der Waals surface area contributed by atoms with Crippen molar-refractivity contribution >= 4 is 71.5 Å². The van der Waals surface area contributed by atoms with Gasteiger partial charge in [-0.1, -0.05) is 11.6 Å². The van der Waals surface area contributed by atoms with Crippen molar-refractivity contribution < 1.29 is 22.4 Å². The number of nitrogens with one attached hydrogen (secondary N) is 1. The summed E-state index contributed by atoms with van der Waals surface area (Å²) in [5.74, 6) is -0.508. The Hall–Kier alpha value is -2.37. The number of esters is 1. The monoisotopic (exact) mass is 624 g/mol. The number of thiophene rings is 1. The first-order valence-electron chi connectivity index (χ1n) is 11.6. The predicted molar refractivity (Wildman–Crippen MR) is 151 cm³/mol. The first-order valence-corrected chi connectivity index (χ1v) is 15.0. The van der Waals surface area contributed by atoms with Gasteiger partial charge in [0.15, 0.2) is 0 Å². The van der Waals surface area contributed by atoms with Gasteiger partial charge in [-0.05, 0) is 90.8 Å². The summed E-state index contributed by atoms with van der Waals surface area (Å²) in [4.78, 5) is 13.5. The Morgan fingerprint density at radius 3 is 2.59 bits per heavy atom. The van der Waals surface area contributed by atoms with Crippen molar-refractivity contribution in [2.75, 3.05) is 17.5 Å². The molecule has 0 aliphatic rings. The van der Waals surface area contributed by atoms with E-state index in [0.29, 0.717) is 40.3 Å². The van der Waals surface area contributed by atoms with Crippen molar-refractivity contribution in [2.45, 2.75) is 38.8 Å². The van der Waals surface area contributed by atoms with Gasteiger partial charge in [0, 0.05) is 40.5 Å². The number of aryl methyl sites for hydroxylation is 1. The van der Waals surface area contributed by atoms with E-state index in [1.165, 1.54) is 16.4 Å². The van der Waals surface area contributed by atoms with Crippen LogP contribution in [0.4, 0.5) is 5.69 Å². The molecule has 0 amide bonds. The van der Waals surface area contributed by atoms with E-state index in [2.05, 4.69) is 21.2 Å². The van der Waals surface area contributed by atoms with Gasteiger partial charge in [0.2, 0.25) is 5.76 Å². The Balaban J connectivity index is 1.66. The van der Waals surface area contributed by atoms with Crippen LogP contribution in [0.25, 0.3) is 11.0 Å². The van der Waals surface area contributed by atoms with E-state index in [1.54, 1.807) is 56.4 Å². The Labute approximate surface area is 233 Å². The number of fused-ring (bicyclic) bond motifs is 1. The van der Waals surface area contributed by atoms with Crippen LogP contribution in [0.3, 0.4) is 0 Å². The van der Waals surface area contributed by atoms with Crippen molar-refractivity contribution in [2.24, 2.45) is 0 Å². The molecule has 0 bridgehead atoms. The number of ether oxygens (including phenoxy) is 1. The van der Waals surface area contributed by atoms with E-state index in [1.807, 2.05) is 12.1 Å². The number of carbonyl (C=O) groups excluding carboxylic acids is 1. The lowest BCUT2D eigenvalue weighted by molar-refractivity contribution is 0.0491. The highest BCUT2D eigenvalue weighted by molar-refractivity contribution is 9.11. The molecular formula is C26H26BrClN2O5S2. The van der Waals surface area contributed by atoms with Crippen molar-refractivity contribution in [3.05, 3.63) is 79.1 Å². The molecule has 2 aromatic carbocycles. The van der Waals surface area contributed by atoms with Crippen molar-refractivity contribution in [3.8, 4) is 0 Å². The minimum absolute atomic E-state index is 0.0718. The van der Waals surface area contributed by atoms with Gasteiger partial charge in [-0.2, -0.15) is 0 Å². The van der Waals surface area contributed by atoms with E-state index < -0.39 is 16.0 Å². The molecule has 37 heavy (non-hydrogen) atoms. The smallest absolute Gasteiger partial charge is 0.374 e. The summed E-state index contributed by atoms with van der Waals surface area (Å²) in [6.45, 7) is 6.70. The summed E-state index contributed by atoms with van der Waals surface area (Å²) in [5.41, 5.74) is 2.26. The Kier molecular flexibility index (Phi) is 8.65. The van der Waals surface area contributed by atoms with Crippen LogP contribution in [-0.2, 0) is 27.8 Å². The number of rotatable bonds is 10. The summed E-state index contributed by atoms with van der Waals surface area (Å²) in [6, 6.07) is 13.8. The van der Waals surface area contributed by atoms with E-state index in [4.69, 9.17) is 20.8 Å². The highest BCUT2D eigenvalue weighted by Gasteiger charge is 2.27. The molecule has 2 aromatic heterocycles. The van der Waals surface area contributed by atoms with Gasteiger partial charge in [0.25, 0.3) is 10.0 Å². The molecule has 0 saturated heterocycles. The normalized spacial score (nSPS) is 11.7. The van der Waals surface area contributed by atoms with Gasteiger partial charge in [-0.15, -0.1) is 11.3 Å². The third kappa shape index (κ3) is 5.88. The summed E-state index contributed by atoms with van der Waals surface area (Å²) in [7, 11) is -3.94. The van der Waals surface area contributed by atoms with Gasteiger partial charge in [0.1, 0.15) is 5.58 Å². The first-order chi connectivity index (χ1) is 17.6. The molecule has 196 valence electrons. The van der Waals surface area contributed by atoms with Crippen molar-refractivity contribution in [1.29, 1.82) is 0 Å². The van der Waals surface area contributed by atoms with E-state index in [-0.39, 0.29) is 23.8 Å². The number of hydrogen-bond donors (Lipinski definition) is 1. The Morgan fingerprint density at radius 2 is 1.92 bits per heavy atom. The molecule has 0 spiro atoms. The second kappa shape index (κ2) is 11.6. The molecule has 0 radical (unpaired) electrons. The van der Waals surface area contributed by atoms with E-state index >= 15 is 0 Å². The molecule has 0 aliphatic carbocycles. The molecule has 7 nitrogen and oxygen atoms in total. The fraction of sp³-hybridized carbons (Fsp3) is 0.269. The molecule has 2 heterocycles. The number of hydrogen-bond acceptors (Lipinski definition) is 7. The number of nitrogens with zero attached hydrogens (tertiary/aromatic N) is 1. The number of furan rings is 1. The molecular weight excluding hydrogens is 600 g/mol. The molecule has 4 aromatic rings. The molecule has 0 unspecified atom stereocenters. The SMILES string of the molecule is CCOC(=O)c1oc2ccc(S(=O)(=O)N(CC)c3ccc(Cl)cc3CNCc3ccc(Br)s3)cc2c1C. The zero-order valence-electron chi connectivity index (χ0n) is 20.5. The highest BCUT2D eigenvalue weighted by atomic mass is 79.9. The fourth-order valence-electron chi connectivity index (χ4n) is 4.05. The Morgan fingerprint density at radius 1 is 1.14 bits per heavy atom. The third-order valence-corrected chi connectivity index (χ3v) is 9.54. The van der Waals surface area contributed by atoms with Crippen LogP contribution >= 0.6 is 38.9 Å². The standard InChI is InChI=1S/C26H26BrClN2O5S2/c1-4-30(22-9-6-18(28)12-17(22)14-29-15-19-7-11-24(27)36-19)37(32,33)20-8-10-23-21(13-20)16(3)25(35-23)26(31)34-5-2/h6-13,29H,4-5,14-15H2,1-3H3. The van der Waals surface area contributed by atoms with Crippen LogP contribution in [0.5, 0.6) is 0 Å². The molecule has 4 rings (SSSR count). The van der Waals surface area contributed by atoms with Crippen LogP contribution in [0.15, 0.2) is 61.6 Å². The van der Waals surface area contributed by atoms with Crippen molar-refractivity contribution in [3.63, 3.8) is 0 Å². The van der Waals surface area contributed by atoms with E-state index in [9.17, 15) is 13.2 Å². The summed E-state index contributed by atoms with van der Waals surface area (Å²) < 4.78 is 40.8. The van der Waals surface area contributed by atoms with Gasteiger partial charge in [-0.25, -0.2) is 13.2 Å². The minimum atomic E-state index is -3.94. The number of benzene rings is 2. The fourth-order valence-corrected chi connectivity index (χ4v) is 7.24. The zero-order chi connectivity index (χ0) is 26.7. The highest BCUT2D eigenvalue weighted by Crippen LogP contribution is 2.33.